The van der Waals surface area contributed by atoms with Crippen LogP contribution in [0.2, 0.25) is 5.02 Å². The van der Waals surface area contributed by atoms with Gasteiger partial charge in [-0.15, -0.1) is 5.10 Å². The Labute approximate surface area is 189 Å². The molecule has 0 saturated carbocycles. The number of halogens is 5. The van der Waals surface area contributed by atoms with Gasteiger partial charge in [-0.3, -0.25) is 19.5 Å². The molecule has 3 rings (SSSR count). The van der Waals surface area contributed by atoms with Gasteiger partial charge >= 0.3 is 18.0 Å². The number of alkyl halides is 3. The molecule has 0 spiro atoms. The van der Waals surface area contributed by atoms with Gasteiger partial charge in [0, 0.05) is 24.5 Å². The van der Waals surface area contributed by atoms with Crippen LogP contribution in [0.25, 0.3) is 0 Å². The fourth-order valence-corrected chi connectivity index (χ4v) is 3.76. The number of nitrogens with one attached hydrogen (secondary N) is 3. The minimum Gasteiger partial charge on any atom is -0.339 e. The van der Waals surface area contributed by atoms with Crippen molar-refractivity contribution in [1.82, 2.24) is 25.6 Å². The summed E-state index contributed by atoms with van der Waals surface area (Å²) in [5, 5.41) is 13.5. The molecule has 1 aromatic heterocycles. The number of benzene rings is 1. The predicted octanol–water partition coefficient (Wildman–Crippen LogP) is 2.58. The molecule has 1 saturated heterocycles. The van der Waals surface area contributed by atoms with Gasteiger partial charge in [0.15, 0.2) is 0 Å². The maximum absolute atomic E-state index is 13.3. The van der Waals surface area contributed by atoms with Gasteiger partial charge in [-0.25, -0.2) is 4.39 Å². The zero-order valence-electron chi connectivity index (χ0n) is 17.1. The Morgan fingerprint density at radius 2 is 2.06 bits per heavy atom. The number of likely N-dealkylation sites (tertiary alicyclic amines) is 1. The fourth-order valence-electron chi connectivity index (χ4n) is 3.58. The Hall–Kier alpha value is -3.22. The number of aromatic nitrogens is 3. The molecule has 1 fully saturated rings. The highest BCUT2D eigenvalue weighted by molar-refractivity contribution is 6.35. The van der Waals surface area contributed by atoms with Crippen LogP contribution in [-0.4, -0.2) is 56.8 Å². The summed E-state index contributed by atoms with van der Waals surface area (Å²) in [5.74, 6) is -4.16. The van der Waals surface area contributed by atoms with Crippen LogP contribution in [0.1, 0.15) is 31.5 Å². The summed E-state index contributed by atoms with van der Waals surface area (Å²) in [7, 11) is 0. The van der Waals surface area contributed by atoms with Gasteiger partial charge in [0.05, 0.1) is 23.4 Å². The van der Waals surface area contributed by atoms with Crippen LogP contribution >= 0.6 is 11.6 Å². The summed E-state index contributed by atoms with van der Waals surface area (Å²) in [6.07, 6.45) is -4.77. The summed E-state index contributed by atoms with van der Waals surface area (Å²) in [6, 6.07) is 1.31. The summed E-state index contributed by atoms with van der Waals surface area (Å²) in [5.41, 5.74) is 0.0712. The van der Waals surface area contributed by atoms with Crippen LogP contribution in [0.4, 0.5) is 23.2 Å². The second kappa shape index (κ2) is 9.73. The van der Waals surface area contributed by atoms with E-state index in [0.717, 1.165) is 17.2 Å². The lowest BCUT2D eigenvalue weighted by atomic mass is 10.0. The Morgan fingerprint density at radius 3 is 2.67 bits per heavy atom. The third-order valence-corrected chi connectivity index (χ3v) is 5.56. The molecule has 2 heterocycles. The number of rotatable bonds is 5. The zero-order valence-corrected chi connectivity index (χ0v) is 17.9. The molecule has 3 N–H and O–H groups in total. The van der Waals surface area contributed by atoms with Crippen LogP contribution in [0.3, 0.4) is 0 Å². The number of carbonyl (C=O) groups is 3. The quantitative estimate of drug-likeness (QED) is 0.439. The molecule has 0 aliphatic carbocycles. The van der Waals surface area contributed by atoms with E-state index in [2.05, 4.69) is 20.7 Å². The average Bonchev–Trinajstić information content (AvgIpc) is 3.38. The maximum atomic E-state index is 13.3. The molecule has 1 aromatic carbocycles. The van der Waals surface area contributed by atoms with Gasteiger partial charge in [0.2, 0.25) is 5.91 Å². The van der Waals surface area contributed by atoms with Gasteiger partial charge in [0.1, 0.15) is 11.5 Å². The van der Waals surface area contributed by atoms with Crippen molar-refractivity contribution >= 4 is 35.0 Å². The first-order valence-electron chi connectivity index (χ1n) is 9.76. The van der Waals surface area contributed by atoms with Crippen molar-refractivity contribution in [3.8, 4) is 0 Å². The number of aromatic amines is 1. The number of nitrogens with zero attached hydrogens (tertiary/aromatic N) is 3. The molecule has 0 radical (unpaired) electrons. The van der Waals surface area contributed by atoms with Crippen molar-refractivity contribution in [3.63, 3.8) is 0 Å². The first kappa shape index (κ1) is 24.4. The highest BCUT2D eigenvalue weighted by atomic mass is 35.5. The van der Waals surface area contributed by atoms with Gasteiger partial charge in [-0.2, -0.15) is 13.2 Å². The van der Waals surface area contributed by atoms with E-state index >= 15 is 0 Å². The number of hydrogen-bond acceptors (Lipinski definition) is 5. The third kappa shape index (κ3) is 5.97. The van der Waals surface area contributed by atoms with Gasteiger partial charge in [-0.1, -0.05) is 16.8 Å². The van der Waals surface area contributed by atoms with Crippen LogP contribution in [0.5, 0.6) is 0 Å². The van der Waals surface area contributed by atoms with E-state index in [0.29, 0.717) is 0 Å². The SMILES string of the molecule is C[C@H]1[C@@H](C(=O)Nc2ccc(F)c(Cl)c2)CCN1C(=O)C(=O)NC(CC(F)(F)F)c1c[nH]nn1. The molecule has 178 valence electrons. The number of hydrogen-bond donors (Lipinski definition) is 3. The lowest BCUT2D eigenvalue weighted by Gasteiger charge is -2.25. The van der Waals surface area contributed by atoms with Crippen LogP contribution in [-0.2, 0) is 14.4 Å². The molecule has 14 heteroatoms. The van der Waals surface area contributed by atoms with Crippen molar-refractivity contribution in [3.05, 3.63) is 40.9 Å². The topological polar surface area (TPSA) is 120 Å². The molecule has 1 aliphatic rings. The summed E-state index contributed by atoms with van der Waals surface area (Å²) in [4.78, 5) is 38.8. The highest BCUT2D eigenvalue weighted by Gasteiger charge is 2.41. The number of H-pyrrole nitrogens is 1. The van der Waals surface area contributed by atoms with Crippen LogP contribution < -0.4 is 10.6 Å². The Bertz CT molecular complexity index is 1030. The predicted molar refractivity (Wildman–Crippen MR) is 107 cm³/mol. The molecule has 9 nitrogen and oxygen atoms in total. The first-order valence-corrected chi connectivity index (χ1v) is 10.1. The van der Waals surface area contributed by atoms with E-state index < -0.39 is 54.1 Å². The van der Waals surface area contributed by atoms with E-state index in [-0.39, 0.29) is 29.4 Å². The Kier molecular flexibility index (Phi) is 7.20. The number of amides is 3. The molecule has 0 bridgehead atoms. The molecule has 2 aromatic rings. The van der Waals surface area contributed by atoms with Crippen molar-refractivity contribution < 1.29 is 31.9 Å². The molecule has 1 unspecified atom stereocenters. The van der Waals surface area contributed by atoms with E-state index in [9.17, 15) is 31.9 Å². The second-order valence-electron chi connectivity index (χ2n) is 7.50. The standard InChI is InChI=1S/C19H19ClF4N6O3/c1-9-11(16(31)26-10-2-3-13(21)12(20)6-10)4-5-30(9)18(33)17(32)27-14(7-19(22,23)24)15-8-25-29-28-15/h2-3,6,8-9,11,14H,4-5,7H2,1H3,(H,26,31)(H,27,32)(H,25,28,29)/t9-,11-,14?/m0/s1. The summed E-state index contributed by atoms with van der Waals surface area (Å²) in [6.45, 7) is 1.59. The van der Waals surface area contributed by atoms with Gasteiger partial charge in [-0.05, 0) is 31.5 Å². The lowest BCUT2D eigenvalue weighted by molar-refractivity contribution is -0.151. The van der Waals surface area contributed by atoms with Gasteiger partial charge < -0.3 is 15.5 Å². The largest absolute Gasteiger partial charge is 0.391 e. The number of anilines is 1. The first-order chi connectivity index (χ1) is 15.5. The van der Waals surface area contributed by atoms with E-state index in [1.54, 1.807) is 6.92 Å². The number of carbonyl (C=O) groups excluding carboxylic acids is 3. The Morgan fingerprint density at radius 1 is 1.33 bits per heavy atom. The van der Waals surface area contributed by atoms with Crippen molar-refractivity contribution in [2.24, 2.45) is 5.92 Å². The smallest absolute Gasteiger partial charge is 0.339 e. The Balaban J connectivity index is 1.64. The molecule has 3 atom stereocenters. The monoisotopic (exact) mass is 490 g/mol. The van der Waals surface area contributed by atoms with E-state index in [1.807, 2.05) is 5.32 Å². The summed E-state index contributed by atoms with van der Waals surface area (Å²) >= 11 is 5.70. The average molecular weight is 491 g/mol. The van der Waals surface area contributed by atoms with E-state index in [4.69, 9.17) is 11.6 Å². The maximum Gasteiger partial charge on any atom is 0.391 e. The minimum atomic E-state index is -4.63. The zero-order chi connectivity index (χ0) is 24.3. The lowest BCUT2D eigenvalue weighted by Crippen LogP contribution is -2.47. The molecule has 1 aliphatic heterocycles. The molecular weight excluding hydrogens is 472 g/mol. The normalized spacial score (nSPS) is 19.3. The van der Waals surface area contributed by atoms with E-state index in [1.165, 1.54) is 12.1 Å². The fraction of sp³-hybridized carbons (Fsp3) is 0.421. The van der Waals surface area contributed by atoms with Gasteiger partial charge in [0.25, 0.3) is 0 Å². The third-order valence-electron chi connectivity index (χ3n) is 5.27. The molecular formula is C19H19ClF4N6O3. The second-order valence-corrected chi connectivity index (χ2v) is 7.90. The molecule has 33 heavy (non-hydrogen) atoms. The minimum absolute atomic E-state index is 0.0452. The van der Waals surface area contributed by atoms with Crippen LogP contribution in [0.15, 0.2) is 24.4 Å². The van der Waals surface area contributed by atoms with Crippen molar-refractivity contribution in [2.45, 2.75) is 38.0 Å². The van der Waals surface area contributed by atoms with Crippen molar-refractivity contribution in [2.75, 3.05) is 11.9 Å². The molecule has 3 amide bonds. The van der Waals surface area contributed by atoms with Crippen molar-refractivity contribution in [1.29, 1.82) is 0 Å². The summed E-state index contributed by atoms with van der Waals surface area (Å²) < 4.78 is 52.0. The van der Waals surface area contributed by atoms with Crippen LogP contribution in [0, 0.1) is 11.7 Å². The highest BCUT2D eigenvalue weighted by Crippen LogP contribution is 2.30.